The number of carbonyl (C=O) groups excluding carboxylic acids is 1. The van der Waals surface area contributed by atoms with Crippen LogP contribution in [0.4, 0.5) is 27.1 Å². The molecule has 0 aliphatic carbocycles. The summed E-state index contributed by atoms with van der Waals surface area (Å²) in [6.07, 6.45) is 0. The molecule has 0 atom stereocenters. The highest BCUT2D eigenvalue weighted by Gasteiger charge is 2.18. The average molecular weight is 308 g/mol. The fourth-order valence-electron chi connectivity index (χ4n) is 2.03. The quantitative estimate of drug-likeness (QED) is 0.745. The molecule has 1 aliphatic heterocycles. The molecule has 2 aromatic rings. The van der Waals surface area contributed by atoms with Gasteiger partial charge in [-0.3, -0.25) is 4.79 Å². The van der Waals surface area contributed by atoms with E-state index in [1.165, 1.54) is 12.1 Å². The molecule has 0 unspecified atom stereocenters. The van der Waals surface area contributed by atoms with E-state index in [4.69, 9.17) is 22.1 Å². The van der Waals surface area contributed by atoms with Crippen LogP contribution in [0, 0.1) is 5.82 Å². The molecule has 5 nitrogen and oxygen atoms in total. The van der Waals surface area contributed by atoms with Gasteiger partial charge in [0, 0.05) is 16.8 Å². The number of ether oxygens (including phenoxy) is 1. The molecule has 1 amide bonds. The molecule has 21 heavy (non-hydrogen) atoms. The maximum absolute atomic E-state index is 13.3. The molecule has 3 rings (SSSR count). The number of fused-ring (bicyclic) bond motifs is 1. The molecule has 7 heteroatoms. The van der Waals surface area contributed by atoms with Crippen LogP contribution in [0.1, 0.15) is 0 Å². The molecule has 0 radical (unpaired) electrons. The van der Waals surface area contributed by atoms with Gasteiger partial charge < -0.3 is 21.1 Å². The van der Waals surface area contributed by atoms with Crippen LogP contribution in [-0.2, 0) is 4.79 Å². The van der Waals surface area contributed by atoms with Gasteiger partial charge in [0.25, 0.3) is 5.91 Å². The molecule has 0 saturated carbocycles. The van der Waals surface area contributed by atoms with Crippen molar-refractivity contribution in [1.82, 2.24) is 0 Å². The topological polar surface area (TPSA) is 76.4 Å². The second kappa shape index (κ2) is 5.14. The van der Waals surface area contributed by atoms with Crippen LogP contribution in [0.25, 0.3) is 0 Å². The number of hydrogen-bond acceptors (Lipinski definition) is 4. The average Bonchev–Trinajstić information content (AvgIpc) is 2.39. The smallest absolute Gasteiger partial charge is 0.262 e. The summed E-state index contributed by atoms with van der Waals surface area (Å²) in [6.45, 7) is -0.0429. The molecule has 108 valence electrons. The van der Waals surface area contributed by atoms with E-state index in [1.54, 1.807) is 18.2 Å². The predicted molar refractivity (Wildman–Crippen MR) is 79.7 cm³/mol. The van der Waals surface area contributed by atoms with E-state index in [-0.39, 0.29) is 17.5 Å². The van der Waals surface area contributed by atoms with Crippen molar-refractivity contribution in [2.45, 2.75) is 0 Å². The van der Waals surface area contributed by atoms with Crippen molar-refractivity contribution in [2.75, 3.05) is 23.0 Å². The third-order valence-corrected chi connectivity index (χ3v) is 3.14. The highest BCUT2D eigenvalue weighted by Crippen LogP contribution is 2.36. The number of amides is 1. The molecule has 0 fully saturated rings. The van der Waals surface area contributed by atoms with Gasteiger partial charge in [0.15, 0.2) is 6.61 Å². The fourth-order valence-corrected chi connectivity index (χ4v) is 2.25. The van der Waals surface area contributed by atoms with Crippen molar-refractivity contribution in [3.8, 4) is 5.75 Å². The standard InChI is InChI=1S/C14H11ClFN3O2/c15-7-1-8(16)3-9(2-7)18-11-5-12-13(4-10(11)17)21-6-14(20)19-12/h1-5,18H,6,17H2,(H,19,20). The number of hydrogen-bond donors (Lipinski definition) is 3. The Morgan fingerprint density at radius 3 is 2.86 bits per heavy atom. The van der Waals surface area contributed by atoms with Crippen LogP contribution in [0.5, 0.6) is 5.75 Å². The molecule has 0 aromatic heterocycles. The first-order valence-corrected chi connectivity index (χ1v) is 6.48. The Balaban J connectivity index is 1.95. The summed E-state index contributed by atoms with van der Waals surface area (Å²) in [7, 11) is 0. The van der Waals surface area contributed by atoms with E-state index in [1.807, 2.05) is 0 Å². The summed E-state index contributed by atoms with van der Waals surface area (Å²) < 4.78 is 18.6. The summed E-state index contributed by atoms with van der Waals surface area (Å²) >= 11 is 5.80. The monoisotopic (exact) mass is 307 g/mol. The molecule has 4 N–H and O–H groups in total. The minimum atomic E-state index is -0.460. The predicted octanol–water partition coefficient (Wildman–Crippen LogP) is 3.14. The van der Waals surface area contributed by atoms with Gasteiger partial charge in [-0.25, -0.2) is 4.39 Å². The Morgan fingerprint density at radius 1 is 1.29 bits per heavy atom. The van der Waals surface area contributed by atoms with Crippen molar-refractivity contribution >= 4 is 40.3 Å². The SMILES string of the molecule is Nc1cc2c(cc1Nc1cc(F)cc(Cl)c1)NC(=O)CO2. The van der Waals surface area contributed by atoms with Gasteiger partial charge in [0.1, 0.15) is 11.6 Å². The summed E-state index contributed by atoms with van der Waals surface area (Å²) in [4.78, 5) is 11.3. The fraction of sp³-hybridized carbons (Fsp3) is 0.0714. The minimum Gasteiger partial charge on any atom is -0.482 e. The summed E-state index contributed by atoms with van der Waals surface area (Å²) in [5, 5.41) is 5.91. The van der Waals surface area contributed by atoms with E-state index < -0.39 is 5.82 Å². The van der Waals surface area contributed by atoms with Crippen LogP contribution in [0.15, 0.2) is 30.3 Å². The number of nitrogens with one attached hydrogen (secondary N) is 2. The van der Waals surface area contributed by atoms with Crippen LogP contribution in [0.2, 0.25) is 5.02 Å². The zero-order valence-electron chi connectivity index (χ0n) is 10.7. The molecule has 1 heterocycles. The zero-order chi connectivity index (χ0) is 15.0. The number of carbonyl (C=O) groups is 1. The van der Waals surface area contributed by atoms with Crippen molar-refractivity contribution < 1.29 is 13.9 Å². The maximum atomic E-state index is 13.3. The second-order valence-corrected chi connectivity index (χ2v) is 4.99. The van der Waals surface area contributed by atoms with Gasteiger partial charge in [-0.05, 0) is 24.3 Å². The number of nitrogen functional groups attached to an aromatic ring is 1. The van der Waals surface area contributed by atoms with Crippen LogP contribution < -0.4 is 21.1 Å². The molecule has 0 saturated heterocycles. The Morgan fingerprint density at radius 2 is 2.10 bits per heavy atom. The Bertz CT molecular complexity index is 716. The number of rotatable bonds is 2. The Labute approximate surface area is 124 Å². The Kier molecular flexibility index (Phi) is 3.31. The number of nitrogens with two attached hydrogens (primary N) is 1. The first-order chi connectivity index (χ1) is 10.0. The van der Waals surface area contributed by atoms with Crippen LogP contribution in [0.3, 0.4) is 0 Å². The van der Waals surface area contributed by atoms with E-state index in [2.05, 4.69) is 10.6 Å². The zero-order valence-corrected chi connectivity index (χ0v) is 11.5. The van der Waals surface area contributed by atoms with E-state index in [9.17, 15) is 9.18 Å². The van der Waals surface area contributed by atoms with E-state index in [0.29, 0.717) is 28.5 Å². The normalized spacial score (nSPS) is 13.1. The summed E-state index contributed by atoms with van der Waals surface area (Å²) in [6, 6.07) is 7.29. The summed E-state index contributed by atoms with van der Waals surface area (Å²) in [5.74, 6) is -0.208. The van der Waals surface area contributed by atoms with Crippen molar-refractivity contribution in [3.05, 3.63) is 41.2 Å². The van der Waals surface area contributed by atoms with Gasteiger partial charge in [-0.2, -0.15) is 0 Å². The van der Waals surface area contributed by atoms with Crippen molar-refractivity contribution in [3.63, 3.8) is 0 Å². The first-order valence-electron chi connectivity index (χ1n) is 6.10. The molecule has 0 bridgehead atoms. The molecule has 1 aliphatic rings. The highest BCUT2D eigenvalue weighted by atomic mass is 35.5. The van der Waals surface area contributed by atoms with Gasteiger partial charge in [-0.15, -0.1) is 0 Å². The van der Waals surface area contributed by atoms with Gasteiger partial charge in [0.2, 0.25) is 0 Å². The second-order valence-electron chi connectivity index (χ2n) is 4.56. The third-order valence-electron chi connectivity index (χ3n) is 2.93. The number of anilines is 4. The van der Waals surface area contributed by atoms with E-state index in [0.717, 1.165) is 0 Å². The summed E-state index contributed by atoms with van der Waals surface area (Å²) in [5.41, 5.74) is 7.80. The van der Waals surface area contributed by atoms with Gasteiger partial charge >= 0.3 is 0 Å². The van der Waals surface area contributed by atoms with Gasteiger partial charge in [-0.1, -0.05) is 11.6 Å². The minimum absolute atomic E-state index is 0.0429. The largest absolute Gasteiger partial charge is 0.482 e. The lowest BCUT2D eigenvalue weighted by Gasteiger charge is -2.20. The van der Waals surface area contributed by atoms with Crippen LogP contribution >= 0.6 is 11.6 Å². The third kappa shape index (κ3) is 2.85. The maximum Gasteiger partial charge on any atom is 0.262 e. The van der Waals surface area contributed by atoms with Crippen molar-refractivity contribution in [1.29, 1.82) is 0 Å². The van der Waals surface area contributed by atoms with E-state index >= 15 is 0 Å². The molecule has 2 aromatic carbocycles. The first kappa shape index (κ1) is 13.5. The lowest BCUT2D eigenvalue weighted by atomic mass is 10.2. The van der Waals surface area contributed by atoms with Gasteiger partial charge in [0.05, 0.1) is 17.1 Å². The van der Waals surface area contributed by atoms with Crippen molar-refractivity contribution in [2.24, 2.45) is 0 Å². The lowest BCUT2D eigenvalue weighted by molar-refractivity contribution is -0.118. The molecular weight excluding hydrogens is 297 g/mol. The number of halogens is 2. The number of benzene rings is 2. The molecule has 0 spiro atoms. The highest BCUT2D eigenvalue weighted by molar-refractivity contribution is 6.30. The molecular formula is C14H11ClFN3O2. The van der Waals surface area contributed by atoms with Crippen LogP contribution in [-0.4, -0.2) is 12.5 Å². The Hall–Kier alpha value is -2.47. The lowest BCUT2D eigenvalue weighted by Crippen LogP contribution is -2.25.